The third-order valence-corrected chi connectivity index (χ3v) is 2.61. The van der Waals surface area contributed by atoms with Crippen molar-refractivity contribution in [3.8, 4) is 0 Å². The molecule has 3 aromatic carbocycles. The normalized spacial score (nSPS) is 9.65. The molecule has 0 aliphatic rings. The Bertz CT molecular complexity index is 539. The van der Waals surface area contributed by atoms with Crippen LogP contribution in [-0.2, 0) is 4.79 Å². The van der Waals surface area contributed by atoms with E-state index in [1.165, 1.54) is 21.5 Å². The molecule has 3 rings (SSSR count). The predicted molar refractivity (Wildman–Crippen MR) is 70.1 cm³/mol. The number of fused-ring (bicyclic) bond motifs is 2. The Morgan fingerprint density at radius 3 is 1.18 bits per heavy atom. The molecular weight excluding hydrogens is 212 g/mol. The van der Waals surface area contributed by atoms with Crippen molar-refractivity contribution in [3.05, 3.63) is 60.7 Å². The first kappa shape index (κ1) is 11.1. The van der Waals surface area contributed by atoms with E-state index in [9.17, 15) is 0 Å². The Hall–Kier alpha value is -2.35. The minimum atomic E-state index is -0.250. The highest BCUT2D eigenvalue weighted by Crippen LogP contribution is 2.21. The second-order valence-electron chi connectivity index (χ2n) is 3.65. The first-order valence-corrected chi connectivity index (χ1v) is 5.30. The fourth-order valence-corrected chi connectivity index (χ4v) is 1.88. The third-order valence-electron chi connectivity index (χ3n) is 2.61. The minimum Gasteiger partial charge on any atom is -0.483 e. The van der Waals surface area contributed by atoms with Gasteiger partial charge in [-0.3, -0.25) is 4.79 Å². The summed E-state index contributed by atoms with van der Waals surface area (Å²) in [6, 6.07) is 21.4. The zero-order valence-corrected chi connectivity index (χ0v) is 9.21. The molecule has 0 spiro atoms. The van der Waals surface area contributed by atoms with Gasteiger partial charge >= 0.3 is 0 Å². The lowest BCUT2D eigenvalue weighted by atomic mass is 10.0. The van der Waals surface area contributed by atoms with E-state index in [1.54, 1.807) is 0 Å². The summed E-state index contributed by atoms with van der Waals surface area (Å²) in [5.74, 6) is 0. The Balaban J connectivity index is 0.000000329. The van der Waals surface area contributed by atoms with Gasteiger partial charge in [0.05, 0.1) is 0 Å². The maximum atomic E-state index is 8.36. The average molecular weight is 224 g/mol. The Labute approximate surface area is 99.1 Å². The summed E-state index contributed by atoms with van der Waals surface area (Å²) in [6.07, 6.45) is 0. The van der Waals surface area contributed by atoms with Gasteiger partial charge in [0, 0.05) is 0 Å². The first-order valence-electron chi connectivity index (χ1n) is 5.30. The first-order chi connectivity index (χ1) is 8.35. The van der Waals surface area contributed by atoms with Crippen LogP contribution in [0.3, 0.4) is 0 Å². The molecule has 1 N–H and O–H groups in total. The van der Waals surface area contributed by atoms with Crippen molar-refractivity contribution >= 4 is 28.0 Å². The summed E-state index contributed by atoms with van der Waals surface area (Å²) in [5, 5.41) is 12.1. The Morgan fingerprint density at radius 1 is 0.706 bits per heavy atom. The molecule has 0 atom stereocenters. The Morgan fingerprint density at radius 2 is 0.941 bits per heavy atom. The van der Waals surface area contributed by atoms with Crippen LogP contribution in [0.2, 0.25) is 0 Å². The number of hydrogen-bond acceptors (Lipinski definition) is 1. The van der Waals surface area contributed by atoms with Gasteiger partial charge in [0.2, 0.25) is 0 Å². The number of benzene rings is 3. The average Bonchev–Trinajstić information content (AvgIpc) is 2.37. The summed E-state index contributed by atoms with van der Waals surface area (Å²) >= 11 is 0. The molecule has 0 aliphatic heterocycles. The van der Waals surface area contributed by atoms with Crippen molar-refractivity contribution in [2.24, 2.45) is 0 Å². The SMILES string of the molecule is O=CO.c1ccc2cc3ccccc3cc2c1. The largest absolute Gasteiger partial charge is 0.483 e. The minimum absolute atomic E-state index is 0.250. The van der Waals surface area contributed by atoms with Crippen LogP contribution in [-0.4, -0.2) is 11.6 Å². The molecule has 0 unspecified atom stereocenters. The maximum absolute atomic E-state index is 8.36. The molecular formula is C15H12O2. The quantitative estimate of drug-likeness (QED) is 0.467. The monoisotopic (exact) mass is 224 g/mol. The van der Waals surface area contributed by atoms with Crippen LogP contribution in [0, 0.1) is 0 Å². The van der Waals surface area contributed by atoms with Gasteiger partial charge in [0.25, 0.3) is 6.47 Å². The second-order valence-corrected chi connectivity index (χ2v) is 3.65. The molecule has 0 amide bonds. The second kappa shape index (κ2) is 5.12. The summed E-state index contributed by atoms with van der Waals surface area (Å²) < 4.78 is 0. The lowest BCUT2D eigenvalue weighted by Crippen LogP contribution is -1.74. The van der Waals surface area contributed by atoms with E-state index in [1.807, 2.05) is 0 Å². The highest BCUT2D eigenvalue weighted by molar-refractivity contribution is 5.98. The van der Waals surface area contributed by atoms with Crippen molar-refractivity contribution in [2.75, 3.05) is 0 Å². The van der Waals surface area contributed by atoms with Crippen LogP contribution in [0.15, 0.2) is 60.7 Å². The van der Waals surface area contributed by atoms with Gasteiger partial charge < -0.3 is 5.11 Å². The van der Waals surface area contributed by atoms with Crippen molar-refractivity contribution < 1.29 is 9.90 Å². The van der Waals surface area contributed by atoms with Crippen molar-refractivity contribution in [1.29, 1.82) is 0 Å². The van der Waals surface area contributed by atoms with E-state index in [0.29, 0.717) is 0 Å². The number of rotatable bonds is 0. The van der Waals surface area contributed by atoms with Gasteiger partial charge in [-0.2, -0.15) is 0 Å². The van der Waals surface area contributed by atoms with Crippen molar-refractivity contribution in [3.63, 3.8) is 0 Å². The van der Waals surface area contributed by atoms with E-state index in [2.05, 4.69) is 60.7 Å². The molecule has 2 heteroatoms. The third kappa shape index (κ3) is 2.42. The molecule has 0 fully saturated rings. The fraction of sp³-hybridized carbons (Fsp3) is 0. The van der Waals surface area contributed by atoms with Crippen molar-refractivity contribution in [1.82, 2.24) is 0 Å². The van der Waals surface area contributed by atoms with Crippen LogP contribution in [0.5, 0.6) is 0 Å². The lowest BCUT2D eigenvalue weighted by Gasteiger charge is -2.00. The van der Waals surface area contributed by atoms with E-state index in [0.717, 1.165) is 0 Å². The number of carbonyl (C=O) groups is 1. The molecule has 0 aliphatic carbocycles. The standard InChI is InChI=1S/C14H10.CH2O2/c1-2-6-12-10-14-8-4-3-7-13(14)9-11(12)5-1;2-1-3/h1-10H;1H,(H,2,3). The van der Waals surface area contributed by atoms with Crippen LogP contribution in [0.1, 0.15) is 0 Å². The fourth-order valence-electron chi connectivity index (χ4n) is 1.88. The van der Waals surface area contributed by atoms with E-state index in [4.69, 9.17) is 9.90 Å². The van der Waals surface area contributed by atoms with Gasteiger partial charge in [-0.15, -0.1) is 0 Å². The lowest BCUT2D eigenvalue weighted by molar-refractivity contribution is -0.122. The maximum Gasteiger partial charge on any atom is 0.290 e. The van der Waals surface area contributed by atoms with Crippen LogP contribution < -0.4 is 0 Å². The molecule has 0 aromatic heterocycles. The van der Waals surface area contributed by atoms with Crippen LogP contribution in [0.25, 0.3) is 21.5 Å². The molecule has 0 radical (unpaired) electrons. The predicted octanol–water partition coefficient (Wildman–Crippen LogP) is 3.69. The summed E-state index contributed by atoms with van der Waals surface area (Å²) in [6.45, 7) is -0.250. The van der Waals surface area contributed by atoms with Crippen molar-refractivity contribution in [2.45, 2.75) is 0 Å². The van der Waals surface area contributed by atoms with E-state index >= 15 is 0 Å². The summed E-state index contributed by atoms with van der Waals surface area (Å²) in [5.41, 5.74) is 0. The molecule has 0 saturated heterocycles. The van der Waals surface area contributed by atoms with E-state index in [-0.39, 0.29) is 6.47 Å². The highest BCUT2D eigenvalue weighted by atomic mass is 16.3. The van der Waals surface area contributed by atoms with Gasteiger partial charge in [0.1, 0.15) is 0 Å². The van der Waals surface area contributed by atoms with Gasteiger partial charge in [-0.1, -0.05) is 48.5 Å². The number of hydrogen-bond donors (Lipinski definition) is 1. The molecule has 0 saturated carbocycles. The highest BCUT2D eigenvalue weighted by Gasteiger charge is 1.95. The smallest absolute Gasteiger partial charge is 0.290 e. The topological polar surface area (TPSA) is 37.3 Å². The van der Waals surface area contributed by atoms with Crippen LogP contribution in [0.4, 0.5) is 0 Å². The Kier molecular flexibility index (Phi) is 3.36. The van der Waals surface area contributed by atoms with E-state index < -0.39 is 0 Å². The zero-order chi connectivity index (χ0) is 12.1. The zero-order valence-electron chi connectivity index (χ0n) is 9.21. The van der Waals surface area contributed by atoms with Crippen LogP contribution >= 0.6 is 0 Å². The molecule has 0 heterocycles. The van der Waals surface area contributed by atoms with Gasteiger partial charge in [-0.25, -0.2) is 0 Å². The van der Waals surface area contributed by atoms with Gasteiger partial charge in [0.15, 0.2) is 0 Å². The number of carboxylic acid groups (broad SMARTS) is 1. The molecule has 0 bridgehead atoms. The molecule has 2 nitrogen and oxygen atoms in total. The van der Waals surface area contributed by atoms with Gasteiger partial charge in [-0.05, 0) is 33.7 Å². The molecule has 84 valence electrons. The molecule has 3 aromatic rings. The summed E-state index contributed by atoms with van der Waals surface area (Å²) in [7, 11) is 0. The molecule has 17 heavy (non-hydrogen) atoms. The summed E-state index contributed by atoms with van der Waals surface area (Å²) in [4.78, 5) is 8.36.